The van der Waals surface area contributed by atoms with E-state index in [0.717, 1.165) is 66.8 Å². The van der Waals surface area contributed by atoms with Gasteiger partial charge in [0.1, 0.15) is 0 Å². The van der Waals surface area contributed by atoms with E-state index in [1.807, 2.05) is 78.9 Å². The van der Waals surface area contributed by atoms with Crippen molar-refractivity contribution in [1.29, 1.82) is 0 Å². The van der Waals surface area contributed by atoms with E-state index < -0.39 is 17.7 Å². The second-order valence-corrected chi connectivity index (χ2v) is 12.6. The summed E-state index contributed by atoms with van der Waals surface area (Å²) in [6.45, 7) is 0. The Morgan fingerprint density at radius 2 is 0.630 bits per heavy atom. The number of carbonyl (C=O) groups is 4. The Balaban J connectivity index is 1.43. The standard InChI is InChI=1S/C48H34O6/c1-53-47(51)35-23-17-32(18-24-35)41-10-4-7-13-44(41)38-27-37(43-12-6-3-9-40(43)31-15-21-34(22-16-31)46(50)30-49)28-39(29-38)45-14-8-5-11-42(45)33-19-25-36(26-20-33)48(52)54-2/h3-30H,1-2H3. The van der Waals surface area contributed by atoms with E-state index in [1.54, 1.807) is 36.4 Å². The molecule has 7 aromatic rings. The quantitative estimate of drug-likeness (QED) is 0.0609. The van der Waals surface area contributed by atoms with Crippen LogP contribution in [0.15, 0.2) is 164 Å². The molecule has 0 aromatic heterocycles. The molecule has 0 aliphatic carbocycles. The summed E-state index contributed by atoms with van der Waals surface area (Å²) in [5.41, 5.74) is 12.9. The van der Waals surface area contributed by atoms with Crippen molar-refractivity contribution < 1.29 is 28.7 Å². The van der Waals surface area contributed by atoms with Crippen molar-refractivity contribution in [3.05, 3.63) is 180 Å². The van der Waals surface area contributed by atoms with Crippen LogP contribution in [0, 0.1) is 0 Å². The maximum absolute atomic E-state index is 12.2. The molecule has 7 aromatic carbocycles. The van der Waals surface area contributed by atoms with Gasteiger partial charge in [-0.3, -0.25) is 9.59 Å². The molecule has 0 spiro atoms. The van der Waals surface area contributed by atoms with Crippen LogP contribution in [0.3, 0.4) is 0 Å². The Hall–Kier alpha value is -7.18. The normalized spacial score (nSPS) is 10.7. The molecule has 0 N–H and O–H groups in total. The predicted molar refractivity (Wildman–Crippen MR) is 212 cm³/mol. The van der Waals surface area contributed by atoms with Crippen LogP contribution in [0.5, 0.6) is 0 Å². The third kappa shape index (κ3) is 7.14. The third-order valence-corrected chi connectivity index (χ3v) is 9.47. The zero-order valence-electron chi connectivity index (χ0n) is 29.6. The predicted octanol–water partition coefficient (Wildman–Crippen LogP) is 10.6. The first kappa shape index (κ1) is 35.2. The molecule has 7 rings (SSSR count). The highest BCUT2D eigenvalue weighted by molar-refractivity contribution is 6.33. The number of ketones is 1. The lowest BCUT2D eigenvalue weighted by atomic mass is 9.86. The van der Waals surface area contributed by atoms with Crippen molar-refractivity contribution in [2.75, 3.05) is 14.2 Å². The Bertz CT molecular complexity index is 2390. The maximum atomic E-state index is 12.2. The summed E-state index contributed by atoms with van der Waals surface area (Å²) in [5, 5.41) is 0. The van der Waals surface area contributed by atoms with Crippen LogP contribution in [0.4, 0.5) is 0 Å². The molecule has 6 heteroatoms. The maximum Gasteiger partial charge on any atom is 0.337 e. The Morgan fingerprint density at radius 3 is 0.889 bits per heavy atom. The van der Waals surface area contributed by atoms with Gasteiger partial charge in [0, 0.05) is 5.56 Å². The van der Waals surface area contributed by atoms with Gasteiger partial charge in [-0.25, -0.2) is 9.59 Å². The number of methoxy groups -OCH3 is 2. The molecule has 6 nitrogen and oxygen atoms in total. The van der Waals surface area contributed by atoms with Gasteiger partial charge in [0.2, 0.25) is 5.78 Å². The number of esters is 2. The van der Waals surface area contributed by atoms with Crippen LogP contribution in [-0.4, -0.2) is 38.2 Å². The second kappa shape index (κ2) is 15.6. The van der Waals surface area contributed by atoms with Crippen molar-refractivity contribution in [1.82, 2.24) is 0 Å². The number of rotatable bonds is 10. The number of aldehydes is 1. The summed E-state index contributed by atoms with van der Waals surface area (Å²) in [5.74, 6) is -1.35. The van der Waals surface area contributed by atoms with Crippen LogP contribution in [0.25, 0.3) is 66.8 Å². The summed E-state index contributed by atoms with van der Waals surface area (Å²) >= 11 is 0. The van der Waals surface area contributed by atoms with Crippen LogP contribution in [-0.2, 0) is 14.3 Å². The van der Waals surface area contributed by atoms with E-state index >= 15 is 0 Å². The van der Waals surface area contributed by atoms with Crippen LogP contribution < -0.4 is 0 Å². The fourth-order valence-corrected chi connectivity index (χ4v) is 6.74. The third-order valence-electron chi connectivity index (χ3n) is 9.47. The van der Waals surface area contributed by atoms with E-state index in [0.29, 0.717) is 23.0 Å². The van der Waals surface area contributed by atoms with Gasteiger partial charge in [-0.05, 0) is 109 Å². The van der Waals surface area contributed by atoms with Gasteiger partial charge in [0.05, 0.1) is 25.3 Å². The molecule has 0 aliphatic rings. The van der Waals surface area contributed by atoms with E-state index in [-0.39, 0.29) is 0 Å². The Labute approximate surface area is 313 Å². The highest BCUT2D eigenvalue weighted by Gasteiger charge is 2.17. The zero-order chi connectivity index (χ0) is 37.6. The van der Waals surface area contributed by atoms with Crippen molar-refractivity contribution in [3.63, 3.8) is 0 Å². The number of hydrogen-bond donors (Lipinski definition) is 0. The summed E-state index contributed by atoms with van der Waals surface area (Å²) in [6.07, 6.45) is 0.326. The molecule has 0 aliphatic heterocycles. The van der Waals surface area contributed by atoms with Crippen molar-refractivity contribution >= 4 is 24.0 Å². The molecule has 0 saturated carbocycles. The highest BCUT2D eigenvalue weighted by atomic mass is 16.5. The first-order valence-electron chi connectivity index (χ1n) is 17.3. The summed E-state index contributed by atoms with van der Waals surface area (Å²) in [4.78, 5) is 47.6. The van der Waals surface area contributed by atoms with Gasteiger partial charge < -0.3 is 9.47 Å². The lowest BCUT2D eigenvalue weighted by molar-refractivity contribution is -0.104. The first-order chi connectivity index (χ1) is 26.4. The van der Waals surface area contributed by atoms with Crippen molar-refractivity contribution in [2.24, 2.45) is 0 Å². The van der Waals surface area contributed by atoms with Crippen LogP contribution >= 0.6 is 0 Å². The van der Waals surface area contributed by atoms with Gasteiger partial charge in [-0.15, -0.1) is 0 Å². The van der Waals surface area contributed by atoms with Crippen LogP contribution in [0.2, 0.25) is 0 Å². The lowest BCUT2D eigenvalue weighted by Gasteiger charge is -2.18. The highest BCUT2D eigenvalue weighted by Crippen LogP contribution is 2.42. The second-order valence-electron chi connectivity index (χ2n) is 12.6. The van der Waals surface area contributed by atoms with Gasteiger partial charge in [-0.2, -0.15) is 0 Å². The topological polar surface area (TPSA) is 86.7 Å². The lowest BCUT2D eigenvalue weighted by Crippen LogP contribution is -2.00. The van der Waals surface area contributed by atoms with Crippen molar-refractivity contribution in [2.45, 2.75) is 0 Å². The number of carbonyl (C=O) groups excluding carboxylic acids is 4. The Kier molecular flexibility index (Phi) is 10.2. The first-order valence-corrected chi connectivity index (χ1v) is 17.3. The molecule has 0 unspecified atom stereocenters. The van der Waals surface area contributed by atoms with E-state index in [4.69, 9.17) is 9.47 Å². The number of hydrogen-bond acceptors (Lipinski definition) is 6. The van der Waals surface area contributed by atoms with Gasteiger partial charge in [-0.1, -0.05) is 121 Å². The smallest absolute Gasteiger partial charge is 0.337 e. The summed E-state index contributed by atoms with van der Waals surface area (Å²) in [6, 6.07) is 52.9. The minimum atomic E-state index is -0.565. The van der Waals surface area contributed by atoms with Gasteiger partial charge >= 0.3 is 11.9 Å². The number of benzene rings is 7. The molecule has 0 amide bonds. The van der Waals surface area contributed by atoms with Gasteiger partial charge in [0.15, 0.2) is 6.29 Å². The SMILES string of the molecule is COC(=O)c1ccc(-c2ccccc2-c2cc(-c3ccccc3-c3ccc(C(=O)C=O)cc3)cc(-c3ccccc3-c3ccc(C(=O)OC)cc3)c2)cc1. The van der Waals surface area contributed by atoms with E-state index in [1.165, 1.54) is 14.2 Å². The fraction of sp³-hybridized carbons (Fsp3) is 0.0417. The largest absolute Gasteiger partial charge is 0.465 e. The molecule has 0 radical (unpaired) electrons. The molecular formula is C48H34O6. The summed E-state index contributed by atoms with van der Waals surface area (Å²) < 4.78 is 9.85. The molecule has 0 atom stereocenters. The monoisotopic (exact) mass is 706 g/mol. The van der Waals surface area contributed by atoms with E-state index in [2.05, 4.69) is 48.5 Å². The average Bonchev–Trinajstić information content (AvgIpc) is 3.25. The molecule has 0 heterocycles. The Morgan fingerprint density at radius 1 is 0.370 bits per heavy atom. The molecule has 0 fully saturated rings. The number of Topliss-reactive ketones (excluding diaryl/α,β-unsaturated/α-hetero) is 1. The zero-order valence-corrected chi connectivity index (χ0v) is 29.6. The van der Waals surface area contributed by atoms with Crippen LogP contribution in [0.1, 0.15) is 31.1 Å². The van der Waals surface area contributed by atoms with Gasteiger partial charge in [0.25, 0.3) is 0 Å². The molecule has 0 bridgehead atoms. The molecule has 0 saturated heterocycles. The molecule has 262 valence electrons. The average molecular weight is 707 g/mol. The molecule has 54 heavy (non-hydrogen) atoms. The van der Waals surface area contributed by atoms with Crippen molar-refractivity contribution in [3.8, 4) is 66.8 Å². The summed E-state index contributed by atoms with van der Waals surface area (Å²) in [7, 11) is 2.74. The minimum absolute atomic E-state index is 0.326. The number of ether oxygens (including phenoxy) is 2. The molecular weight excluding hydrogens is 673 g/mol. The fourth-order valence-electron chi connectivity index (χ4n) is 6.74. The minimum Gasteiger partial charge on any atom is -0.465 e. The van der Waals surface area contributed by atoms with E-state index in [9.17, 15) is 19.2 Å².